The Morgan fingerprint density at radius 2 is 1.76 bits per heavy atom. The zero-order valence-corrected chi connectivity index (χ0v) is 17.1. The molecule has 1 aromatic heterocycles. The predicted octanol–water partition coefficient (Wildman–Crippen LogP) is 3.07. The number of pyridine rings is 1. The smallest absolute Gasteiger partial charge is 0.274 e. The molecule has 2 aromatic rings. The molecule has 154 valence electrons. The van der Waals surface area contributed by atoms with Crippen molar-refractivity contribution in [3.8, 4) is 5.75 Å². The number of carbonyl (C=O) groups excluding carboxylic acids is 2. The molecule has 0 spiro atoms. The molecule has 0 aliphatic carbocycles. The molecule has 1 aromatic carbocycles. The summed E-state index contributed by atoms with van der Waals surface area (Å²) in [6, 6.07) is 8.05. The highest BCUT2D eigenvalue weighted by Gasteiger charge is 2.20. The molecular weight excluding hydrogens is 394 g/mol. The van der Waals surface area contributed by atoms with Crippen LogP contribution in [0.5, 0.6) is 5.75 Å². The van der Waals surface area contributed by atoms with Gasteiger partial charge in [-0.3, -0.25) is 14.4 Å². The minimum atomic E-state index is -0.489. The van der Waals surface area contributed by atoms with Gasteiger partial charge in [0.1, 0.15) is 11.4 Å². The zero-order chi connectivity index (χ0) is 20.8. The average Bonchev–Trinajstić information content (AvgIpc) is 3.00. The van der Waals surface area contributed by atoms with Crippen LogP contribution in [0.4, 0.5) is 5.69 Å². The van der Waals surface area contributed by atoms with E-state index in [2.05, 4.69) is 5.32 Å². The summed E-state index contributed by atoms with van der Waals surface area (Å²) in [6.45, 7) is 1.14. The number of amides is 2. The van der Waals surface area contributed by atoms with E-state index < -0.39 is 11.5 Å². The molecule has 8 heteroatoms. The summed E-state index contributed by atoms with van der Waals surface area (Å²) >= 11 is 5.82. The third-order valence-corrected chi connectivity index (χ3v) is 5.03. The number of benzene rings is 1. The Morgan fingerprint density at radius 1 is 1.10 bits per heavy atom. The lowest BCUT2D eigenvalue weighted by molar-refractivity contribution is -0.118. The van der Waals surface area contributed by atoms with E-state index >= 15 is 0 Å². The quantitative estimate of drug-likeness (QED) is 0.810. The van der Waals surface area contributed by atoms with Crippen LogP contribution >= 0.6 is 11.6 Å². The monoisotopic (exact) mass is 417 g/mol. The highest BCUT2D eigenvalue weighted by atomic mass is 35.5. The molecule has 1 fully saturated rings. The summed E-state index contributed by atoms with van der Waals surface area (Å²) in [5.74, 6) is -0.130. The summed E-state index contributed by atoms with van der Waals surface area (Å²) in [4.78, 5) is 39.3. The van der Waals surface area contributed by atoms with Gasteiger partial charge in [-0.2, -0.15) is 0 Å². The minimum Gasteiger partial charge on any atom is -0.484 e. The number of halogens is 1. The van der Waals surface area contributed by atoms with Gasteiger partial charge in [0.2, 0.25) is 0 Å². The number of aromatic nitrogens is 1. The van der Waals surface area contributed by atoms with Crippen LogP contribution in [0, 0.1) is 0 Å². The lowest BCUT2D eigenvalue weighted by Gasteiger charge is -2.21. The highest BCUT2D eigenvalue weighted by molar-refractivity contribution is 6.30. The second-order valence-electron chi connectivity index (χ2n) is 7.06. The van der Waals surface area contributed by atoms with Crippen molar-refractivity contribution in [1.82, 2.24) is 9.47 Å². The summed E-state index contributed by atoms with van der Waals surface area (Å²) in [5, 5.41) is 3.12. The summed E-state index contributed by atoms with van der Waals surface area (Å²) in [6.07, 6.45) is 5.69. The largest absolute Gasteiger partial charge is 0.484 e. The first-order chi connectivity index (χ1) is 13.9. The van der Waals surface area contributed by atoms with Gasteiger partial charge < -0.3 is 19.5 Å². The van der Waals surface area contributed by atoms with Crippen molar-refractivity contribution in [3.05, 3.63) is 57.5 Å². The number of carbonyl (C=O) groups is 2. The Morgan fingerprint density at radius 3 is 2.41 bits per heavy atom. The number of rotatable bonds is 5. The van der Waals surface area contributed by atoms with E-state index in [1.54, 1.807) is 31.3 Å². The normalized spacial score (nSPS) is 14.2. The van der Waals surface area contributed by atoms with E-state index in [4.69, 9.17) is 16.3 Å². The number of anilines is 1. The van der Waals surface area contributed by atoms with Gasteiger partial charge in [-0.25, -0.2) is 0 Å². The number of hydrogen-bond acceptors (Lipinski definition) is 4. The first kappa shape index (κ1) is 20.9. The molecule has 3 rings (SSSR count). The molecule has 29 heavy (non-hydrogen) atoms. The van der Waals surface area contributed by atoms with Crippen molar-refractivity contribution in [1.29, 1.82) is 0 Å². The Balaban J connectivity index is 1.69. The van der Waals surface area contributed by atoms with Crippen LogP contribution in [0.15, 0.2) is 41.3 Å². The summed E-state index contributed by atoms with van der Waals surface area (Å²) in [5.41, 5.74) is 0.0399. The van der Waals surface area contributed by atoms with Crippen LogP contribution in [0.1, 0.15) is 36.0 Å². The van der Waals surface area contributed by atoms with Gasteiger partial charge in [-0.1, -0.05) is 24.4 Å². The Hall–Kier alpha value is -2.80. The van der Waals surface area contributed by atoms with E-state index in [1.807, 2.05) is 4.90 Å². The Labute approximate surface area is 174 Å². The lowest BCUT2D eigenvalue weighted by Crippen LogP contribution is -2.34. The van der Waals surface area contributed by atoms with Crippen LogP contribution in [0.3, 0.4) is 0 Å². The second-order valence-corrected chi connectivity index (χ2v) is 7.49. The van der Waals surface area contributed by atoms with E-state index in [0.29, 0.717) is 29.4 Å². The fourth-order valence-corrected chi connectivity index (χ4v) is 3.37. The predicted molar refractivity (Wildman–Crippen MR) is 112 cm³/mol. The lowest BCUT2D eigenvalue weighted by atomic mass is 10.2. The van der Waals surface area contributed by atoms with Crippen LogP contribution in [0.2, 0.25) is 5.02 Å². The fraction of sp³-hybridized carbons (Fsp3) is 0.381. The topological polar surface area (TPSA) is 80.6 Å². The van der Waals surface area contributed by atoms with Gasteiger partial charge in [0.25, 0.3) is 17.4 Å². The molecule has 7 nitrogen and oxygen atoms in total. The van der Waals surface area contributed by atoms with Gasteiger partial charge in [0.05, 0.1) is 5.56 Å². The van der Waals surface area contributed by atoms with Gasteiger partial charge in [-0.15, -0.1) is 0 Å². The average molecular weight is 418 g/mol. The molecule has 0 bridgehead atoms. The molecule has 1 N–H and O–H groups in total. The van der Waals surface area contributed by atoms with Crippen LogP contribution in [-0.2, 0) is 11.8 Å². The van der Waals surface area contributed by atoms with Crippen molar-refractivity contribution < 1.29 is 14.3 Å². The Kier molecular flexibility index (Phi) is 6.93. The molecule has 0 radical (unpaired) electrons. The fourth-order valence-electron chi connectivity index (χ4n) is 3.24. The number of ether oxygens (including phenoxy) is 1. The van der Waals surface area contributed by atoms with Gasteiger partial charge >= 0.3 is 0 Å². The van der Waals surface area contributed by atoms with Crippen LogP contribution in [0.25, 0.3) is 0 Å². The summed E-state index contributed by atoms with van der Waals surface area (Å²) < 4.78 is 6.70. The first-order valence-electron chi connectivity index (χ1n) is 9.62. The molecular formula is C21H24ClN3O4. The van der Waals surface area contributed by atoms with Crippen molar-refractivity contribution in [2.75, 3.05) is 25.0 Å². The molecule has 1 saturated heterocycles. The van der Waals surface area contributed by atoms with Crippen LogP contribution < -0.4 is 15.6 Å². The third-order valence-electron chi connectivity index (χ3n) is 4.78. The molecule has 1 aliphatic rings. The first-order valence-corrected chi connectivity index (χ1v) is 10.00. The standard InChI is InChI=1S/C21H24ClN3O4/c1-24-13-15(20(27)25-10-4-2-3-5-11-25)12-18(21(24)28)23-19(26)14-29-17-8-6-16(22)7-9-17/h6-9,12-13H,2-5,10-11,14H2,1H3,(H,23,26). The maximum absolute atomic E-state index is 12.9. The molecule has 0 saturated carbocycles. The van der Waals surface area contributed by atoms with E-state index in [-0.39, 0.29) is 18.2 Å². The number of likely N-dealkylation sites (tertiary alicyclic amines) is 1. The molecule has 2 heterocycles. The number of nitrogens with one attached hydrogen (secondary N) is 1. The van der Waals surface area contributed by atoms with Gasteiger partial charge in [-0.05, 0) is 43.2 Å². The Bertz CT molecular complexity index is 932. The van der Waals surface area contributed by atoms with E-state index in [1.165, 1.54) is 16.8 Å². The van der Waals surface area contributed by atoms with E-state index in [9.17, 15) is 14.4 Å². The molecule has 1 aliphatic heterocycles. The minimum absolute atomic E-state index is 0.0536. The second kappa shape index (κ2) is 9.60. The highest BCUT2D eigenvalue weighted by Crippen LogP contribution is 2.16. The third kappa shape index (κ3) is 5.60. The number of aryl methyl sites for hydroxylation is 1. The maximum atomic E-state index is 12.9. The van der Waals surface area contributed by atoms with Crippen molar-refractivity contribution in [2.24, 2.45) is 7.05 Å². The molecule has 0 unspecified atom stereocenters. The van der Waals surface area contributed by atoms with Crippen molar-refractivity contribution in [2.45, 2.75) is 25.7 Å². The van der Waals surface area contributed by atoms with Crippen molar-refractivity contribution in [3.63, 3.8) is 0 Å². The van der Waals surface area contributed by atoms with E-state index in [0.717, 1.165) is 25.7 Å². The van der Waals surface area contributed by atoms with Gasteiger partial charge in [0.15, 0.2) is 6.61 Å². The summed E-state index contributed by atoms with van der Waals surface area (Å²) in [7, 11) is 1.56. The van der Waals surface area contributed by atoms with Gasteiger partial charge in [0, 0.05) is 31.4 Å². The molecule has 2 amide bonds. The number of hydrogen-bond donors (Lipinski definition) is 1. The SMILES string of the molecule is Cn1cc(C(=O)N2CCCCCC2)cc(NC(=O)COc2ccc(Cl)cc2)c1=O. The van der Waals surface area contributed by atoms with Crippen LogP contribution in [-0.4, -0.2) is 41.0 Å². The number of nitrogens with zero attached hydrogens (tertiary/aromatic N) is 2. The zero-order valence-electron chi connectivity index (χ0n) is 16.3. The molecule has 0 atom stereocenters. The maximum Gasteiger partial charge on any atom is 0.274 e. The van der Waals surface area contributed by atoms with Crippen molar-refractivity contribution >= 4 is 29.1 Å².